The Morgan fingerprint density at radius 1 is 1.00 bits per heavy atom. The lowest BCUT2D eigenvalue weighted by Gasteiger charge is -2.41. The average Bonchev–Trinajstić information content (AvgIpc) is 2.49. The molecule has 3 rings (SSSR count). The summed E-state index contributed by atoms with van der Waals surface area (Å²) >= 11 is 0. The van der Waals surface area contributed by atoms with Crippen LogP contribution in [0.25, 0.3) is 0 Å². The second-order valence-electron chi connectivity index (χ2n) is 5.96. The van der Waals surface area contributed by atoms with Gasteiger partial charge in [0.2, 0.25) is 0 Å². The van der Waals surface area contributed by atoms with E-state index in [1.54, 1.807) is 12.1 Å². The number of ether oxygens (including phenoxy) is 1. The number of benzene rings is 1. The maximum absolute atomic E-state index is 9.82. The van der Waals surface area contributed by atoms with E-state index in [0.717, 1.165) is 57.8 Å². The Balaban J connectivity index is 0.00000132. The summed E-state index contributed by atoms with van der Waals surface area (Å²) in [5, 5.41) is 23.0. The van der Waals surface area contributed by atoms with Crippen LogP contribution in [0.5, 0.6) is 11.5 Å². The predicted molar refractivity (Wildman–Crippen MR) is 95.0 cm³/mol. The van der Waals surface area contributed by atoms with E-state index in [1.807, 2.05) is 0 Å². The minimum atomic E-state index is 0. The summed E-state index contributed by atoms with van der Waals surface area (Å²) in [6.45, 7) is 5.59. The average molecular weight is 365 g/mol. The number of phenolic OH excluding ortho intramolecular Hbond substituents is 2. The predicted octanol–water partition coefficient (Wildman–Crippen LogP) is 2.31. The van der Waals surface area contributed by atoms with Crippen LogP contribution < -0.4 is 5.32 Å². The fourth-order valence-corrected chi connectivity index (χ4v) is 3.56. The summed E-state index contributed by atoms with van der Waals surface area (Å²) in [5.74, 6) is 0.785. The van der Waals surface area contributed by atoms with Gasteiger partial charge >= 0.3 is 0 Å². The molecule has 1 aromatic rings. The molecule has 0 bridgehead atoms. The van der Waals surface area contributed by atoms with Crippen LogP contribution in [0.3, 0.4) is 0 Å². The van der Waals surface area contributed by atoms with Crippen LogP contribution in [-0.2, 0) is 4.74 Å². The lowest BCUT2D eigenvalue weighted by molar-refractivity contribution is 0.0212. The maximum atomic E-state index is 9.82. The number of hydrogen-bond acceptors (Lipinski definition) is 5. The molecule has 2 aliphatic rings. The molecule has 0 radical (unpaired) electrons. The van der Waals surface area contributed by atoms with Crippen LogP contribution in [-0.4, -0.2) is 54.5 Å². The van der Waals surface area contributed by atoms with E-state index in [2.05, 4.69) is 10.2 Å². The van der Waals surface area contributed by atoms with Gasteiger partial charge in [-0.05, 0) is 36.5 Å². The number of aromatic hydroxyl groups is 2. The molecule has 2 aliphatic heterocycles. The second-order valence-corrected chi connectivity index (χ2v) is 5.96. The van der Waals surface area contributed by atoms with E-state index in [0.29, 0.717) is 5.92 Å². The zero-order chi connectivity index (χ0) is 14.7. The fourth-order valence-electron chi connectivity index (χ4n) is 3.56. The molecule has 0 aromatic heterocycles. The van der Waals surface area contributed by atoms with Gasteiger partial charge in [0.05, 0.1) is 0 Å². The molecule has 0 aliphatic carbocycles. The van der Waals surface area contributed by atoms with Crippen molar-refractivity contribution < 1.29 is 14.9 Å². The maximum Gasteiger partial charge on any atom is 0.119 e. The summed E-state index contributed by atoms with van der Waals surface area (Å²) in [7, 11) is 0. The summed E-state index contributed by atoms with van der Waals surface area (Å²) in [5.41, 5.74) is 1.02. The van der Waals surface area contributed by atoms with Crippen LogP contribution in [0.2, 0.25) is 0 Å². The Kier molecular flexibility index (Phi) is 8.44. The molecule has 0 unspecified atom stereocenters. The Morgan fingerprint density at radius 3 is 2.13 bits per heavy atom. The Morgan fingerprint density at radius 2 is 1.57 bits per heavy atom. The van der Waals surface area contributed by atoms with E-state index in [-0.39, 0.29) is 42.4 Å². The normalized spacial score (nSPS) is 21.0. The van der Waals surface area contributed by atoms with Crippen molar-refractivity contribution in [3.63, 3.8) is 0 Å². The highest BCUT2D eigenvalue weighted by atomic mass is 35.5. The summed E-state index contributed by atoms with van der Waals surface area (Å²) in [4.78, 5) is 2.47. The van der Waals surface area contributed by atoms with Crippen LogP contribution in [0.4, 0.5) is 0 Å². The third-order valence-electron chi connectivity index (χ3n) is 4.52. The van der Waals surface area contributed by atoms with Crippen molar-refractivity contribution in [2.75, 3.05) is 39.4 Å². The van der Waals surface area contributed by atoms with Gasteiger partial charge in [-0.1, -0.05) is 0 Å². The van der Waals surface area contributed by atoms with Crippen molar-refractivity contribution >= 4 is 24.8 Å². The van der Waals surface area contributed by atoms with E-state index in [4.69, 9.17) is 4.74 Å². The SMILES string of the molecule is Cl.Cl.Oc1cc(O)cc([C@@H](C2CCOCC2)N2CCNCC2)c1. The van der Waals surface area contributed by atoms with Crippen LogP contribution in [0, 0.1) is 5.92 Å². The van der Waals surface area contributed by atoms with Gasteiger partial charge < -0.3 is 20.3 Å². The number of nitrogens with one attached hydrogen (secondary N) is 1. The molecular formula is C16H26Cl2N2O3. The quantitative estimate of drug-likeness (QED) is 0.767. The third-order valence-corrected chi connectivity index (χ3v) is 4.52. The molecule has 2 fully saturated rings. The molecule has 5 nitrogen and oxygen atoms in total. The zero-order valence-corrected chi connectivity index (χ0v) is 14.7. The molecule has 0 spiro atoms. The van der Waals surface area contributed by atoms with Crippen molar-refractivity contribution in [1.82, 2.24) is 10.2 Å². The highest BCUT2D eigenvalue weighted by molar-refractivity contribution is 5.85. The number of rotatable bonds is 3. The molecule has 0 saturated carbocycles. The highest BCUT2D eigenvalue weighted by Crippen LogP contribution is 2.37. The van der Waals surface area contributed by atoms with Gasteiger partial charge in [-0.3, -0.25) is 4.90 Å². The Labute approximate surface area is 149 Å². The number of phenols is 2. The van der Waals surface area contributed by atoms with Crippen molar-refractivity contribution in [1.29, 1.82) is 0 Å². The number of hydrogen-bond donors (Lipinski definition) is 3. The molecule has 23 heavy (non-hydrogen) atoms. The molecule has 2 heterocycles. The number of nitrogens with zero attached hydrogens (tertiary/aromatic N) is 1. The van der Waals surface area contributed by atoms with Crippen LogP contribution in [0.1, 0.15) is 24.4 Å². The summed E-state index contributed by atoms with van der Waals surface area (Å²) in [6, 6.07) is 5.22. The molecule has 1 atom stereocenters. The van der Waals surface area contributed by atoms with E-state index in [1.165, 1.54) is 6.07 Å². The number of halogens is 2. The minimum absolute atomic E-state index is 0. The third kappa shape index (κ3) is 5.13. The first kappa shape index (κ1) is 20.3. The summed E-state index contributed by atoms with van der Waals surface area (Å²) < 4.78 is 5.49. The van der Waals surface area contributed by atoms with Crippen molar-refractivity contribution in [3.8, 4) is 11.5 Å². The molecule has 7 heteroatoms. The van der Waals surface area contributed by atoms with Gasteiger partial charge in [-0.15, -0.1) is 24.8 Å². The van der Waals surface area contributed by atoms with Gasteiger partial charge in [-0.2, -0.15) is 0 Å². The monoisotopic (exact) mass is 364 g/mol. The van der Waals surface area contributed by atoms with Crippen molar-refractivity contribution in [2.45, 2.75) is 18.9 Å². The summed E-state index contributed by atoms with van der Waals surface area (Å²) in [6.07, 6.45) is 2.07. The fraction of sp³-hybridized carbons (Fsp3) is 0.625. The standard InChI is InChI=1S/C16H24N2O3.2ClH/c19-14-9-13(10-15(20)11-14)16(12-1-7-21-8-2-12)18-5-3-17-4-6-18;;/h9-12,16-17,19-20H,1-8H2;2*1H/t16-;;/m1../s1. The van der Waals surface area contributed by atoms with E-state index in [9.17, 15) is 10.2 Å². The van der Waals surface area contributed by atoms with Gasteiger partial charge in [0.15, 0.2) is 0 Å². The molecular weight excluding hydrogens is 339 g/mol. The second kappa shape index (κ2) is 9.55. The largest absolute Gasteiger partial charge is 0.508 e. The highest BCUT2D eigenvalue weighted by Gasteiger charge is 2.31. The van der Waals surface area contributed by atoms with Crippen molar-refractivity contribution in [3.05, 3.63) is 23.8 Å². The van der Waals surface area contributed by atoms with E-state index >= 15 is 0 Å². The zero-order valence-electron chi connectivity index (χ0n) is 13.1. The first-order valence-corrected chi connectivity index (χ1v) is 7.79. The van der Waals surface area contributed by atoms with Crippen molar-refractivity contribution in [2.24, 2.45) is 5.92 Å². The first-order valence-electron chi connectivity index (χ1n) is 7.79. The lowest BCUT2D eigenvalue weighted by Crippen LogP contribution is -2.47. The van der Waals surface area contributed by atoms with Gasteiger partial charge in [0.25, 0.3) is 0 Å². The molecule has 2 saturated heterocycles. The minimum Gasteiger partial charge on any atom is -0.508 e. The Hall–Kier alpha value is -0.720. The molecule has 3 N–H and O–H groups in total. The van der Waals surface area contributed by atoms with Crippen LogP contribution in [0.15, 0.2) is 18.2 Å². The molecule has 1 aromatic carbocycles. The van der Waals surface area contributed by atoms with Gasteiger partial charge in [-0.25, -0.2) is 0 Å². The Bertz CT molecular complexity index is 440. The van der Waals surface area contributed by atoms with E-state index < -0.39 is 0 Å². The molecule has 132 valence electrons. The smallest absolute Gasteiger partial charge is 0.119 e. The first-order chi connectivity index (χ1) is 10.2. The van der Waals surface area contributed by atoms with Gasteiger partial charge in [0.1, 0.15) is 11.5 Å². The van der Waals surface area contributed by atoms with Crippen LogP contribution >= 0.6 is 24.8 Å². The van der Waals surface area contributed by atoms with Gasteiger partial charge in [0, 0.05) is 51.5 Å². The topological polar surface area (TPSA) is 65.0 Å². The lowest BCUT2D eigenvalue weighted by atomic mass is 9.85. The number of piperazine rings is 1. The molecule has 0 amide bonds.